The summed E-state index contributed by atoms with van der Waals surface area (Å²) >= 11 is 0. The summed E-state index contributed by atoms with van der Waals surface area (Å²) in [6, 6.07) is 4.19. The van der Waals surface area contributed by atoms with E-state index in [1.54, 1.807) is 0 Å². The number of carbonyl (C=O) groups excluding carboxylic acids is 1. The minimum Gasteiger partial charge on any atom is -0.475 e. The number of nitrogens with zero attached hydrogens (tertiary/aromatic N) is 4. The third kappa shape index (κ3) is 8.12. The first kappa shape index (κ1) is 33.6. The van der Waals surface area contributed by atoms with Gasteiger partial charge in [0.1, 0.15) is 0 Å². The molecule has 0 radical (unpaired) electrons. The van der Waals surface area contributed by atoms with Crippen LogP contribution in [0.3, 0.4) is 0 Å². The van der Waals surface area contributed by atoms with E-state index in [4.69, 9.17) is 19.8 Å². The number of halogens is 6. The Morgan fingerprint density at radius 3 is 1.95 bits per heavy atom. The number of piperidine rings is 1. The predicted octanol–water partition coefficient (Wildman–Crippen LogP) is 3.89. The summed E-state index contributed by atoms with van der Waals surface area (Å²) in [6.07, 6.45) is -0.0792. The van der Waals surface area contributed by atoms with Gasteiger partial charge in [0, 0.05) is 57.1 Å². The molecule has 1 aromatic heterocycles. The van der Waals surface area contributed by atoms with Gasteiger partial charge >= 0.3 is 24.3 Å². The van der Waals surface area contributed by atoms with Crippen LogP contribution in [0.1, 0.15) is 44.6 Å². The third-order valence-electron chi connectivity index (χ3n) is 8.56. The Morgan fingerprint density at radius 1 is 0.952 bits per heavy atom. The Balaban J connectivity index is 0.000000289. The van der Waals surface area contributed by atoms with Gasteiger partial charge in [-0.1, -0.05) is 6.07 Å². The monoisotopic (exact) mass is 610 g/mol. The molecule has 15 heteroatoms. The molecule has 0 bridgehead atoms. The number of aliphatic carboxylic acids is 2. The number of carboxylic acid groups (broad SMARTS) is 2. The Labute approximate surface area is 239 Å². The molecule has 4 heterocycles. The highest BCUT2D eigenvalue weighted by Gasteiger charge is 2.64. The highest BCUT2D eigenvalue weighted by atomic mass is 19.4. The number of alkyl halides is 6. The molecule has 1 atom stereocenters. The number of aromatic nitrogens is 1. The Hall–Kier alpha value is -2.94. The van der Waals surface area contributed by atoms with Crippen molar-refractivity contribution in [3.8, 4) is 0 Å². The highest BCUT2D eigenvalue weighted by molar-refractivity contribution is 5.86. The molecule has 2 N–H and O–H groups in total. The lowest BCUT2D eigenvalue weighted by Crippen LogP contribution is -2.53. The summed E-state index contributed by atoms with van der Waals surface area (Å²) in [4.78, 5) is 43.0. The molecule has 3 aliphatic heterocycles. The van der Waals surface area contributed by atoms with E-state index in [1.165, 1.54) is 50.9 Å². The molecule has 1 amide bonds. The third-order valence-corrected chi connectivity index (χ3v) is 8.56. The molecule has 4 aliphatic rings. The van der Waals surface area contributed by atoms with Gasteiger partial charge in [-0.3, -0.25) is 14.7 Å². The van der Waals surface area contributed by atoms with E-state index < -0.39 is 24.3 Å². The van der Waals surface area contributed by atoms with Crippen LogP contribution in [0.25, 0.3) is 0 Å². The molecule has 236 valence electrons. The lowest BCUT2D eigenvalue weighted by atomic mass is 9.60. The van der Waals surface area contributed by atoms with Gasteiger partial charge in [0.25, 0.3) is 0 Å². The van der Waals surface area contributed by atoms with Gasteiger partial charge in [0.2, 0.25) is 5.91 Å². The molecule has 1 unspecified atom stereocenters. The second-order valence-corrected chi connectivity index (χ2v) is 11.4. The molecule has 5 rings (SSSR count). The molecular weight excluding hydrogens is 574 g/mol. The summed E-state index contributed by atoms with van der Waals surface area (Å²) in [5, 5.41) is 14.2. The Kier molecular flexibility index (Phi) is 10.5. The topological polar surface area (TPSA) is 114 Å². The lowest BCUT2D eigenvalue weighted by molar-refractivity contribution is -0.193. The Morgan fingerprint density at radius 2 is 1.52 bits per heavy atom. The average molecular weight is 611 g/mol. The number of hydrogen-bond donors (Lipinski definition) is 2. The summed E-state index contributed by atoms with van der Waals surface area (Å²) in [5.74, 6) is -4.11. The van der Waals surface area contributed by atoms with Crippen LogP contribution >= 0.6 is 0 Å². The zero-order valence-electron chi connectivity index (χ0n) is 23.3. The molecular formula is C27H36F6N4O5. The smallest absolute Gasteiger partial charge is 0.475 e. The molecule has 0 aromatic carbocycles. The van der Waals surface area contributed by atoms with Crippen LogP contribution in [0.15, 0.2) is 24.5 Å². The van der Waals surface area contributed by atoms with Gasteiger partial charge in [0.15, 0.2) is 0 Å². The molecule has 3 saturated heterocycles. The number of hydrogen-bond acceptors (Lipinski definition) is 6. The van der Waals surface area contributed by atoms with Crippen molar-refractivity contribution < 1.29 is 50.9 Å². The van der Waals surface area contributed by atoms with Crippen LogP contribution in [0.5, 0.6) is 0 Å². The number of rotatable bonds is 5. The first-order valence-corrected chi connectivity index (χ1v) is 13.8. The van der Waals surface area contributed by atoms with E-state index in [0.717, 1.165) is 45.1 Å². The number of likely N-dealkylation sites (tertiary alicyclic amines) is 3. The quantitative estimate of drug-likeness (QED) is 0.483. The zero-order valence-corrected chi connectivity index (χ0v) is 23.3. The average Bonchev–Trinajstić information content (AvgIpc) is 3.60. The maximum Gasteiger partial charge on any atom is 0.490 e. The summed E-state index contributed by atoms with van der Waals surface area (Å²) < 4.78 is 63.5. The van der Waals surface area contributed by atoms with Crippen molar-refractivity contribution in [1.29, 1.82) is 0 Å². The molecule has 4 fully saturated rings. The number of pyridine rings is 1. The van der Waals surface area contributed by atoms with Crippen LogP contribution in [-0.2, 0) is 20.9 Å². The molecule has 9 nitrogen and oxygen atoms in total. The summed E-state index contributed by atoms with van der Waals surface area (Å²) in [7, 11) is 0. The minimum absolute atomic E-state index is 0.156. The number of carboxylic acids is 2. The molecule has 1 aliphatic carbocycles. The number of amides is 1. The molecule has 42 heavy (non-hydrogen) atoms. The number of fused-ring (bicyclic) bond motifs is 1. The summed E-state index contributed by atoms with van der Waals surface area (Å²) in [5.41, 5.74) is 1.27. The fourth-order valence-electron chi connectivity index (χ4n) is 6.29. The first-order chi connectivity index (χ1) is 19.5. The van der Waals surface area contributed by atoms with Crippen molar-refractivity contribution >= 4 is 17.8 Å². The van der Waals surface area contributed by atoms with Gasteiger partial charge in [-0.25, -0.2) is 9.59 Å². The number of carbonyl (C=O) groups is 3. The maximum absolute atomic E-state index is 13.6. The van der Waals surface area contributed by atoms with E-state index in [-0.39, 0.29) is 10.8 Å². The van der Waals surface area contributed by atoms with E-state index in [9.17, 15) is 31.1 Å². The lowest BCUT2D eigenvalue weighted by Gasteiger charge is -2.47. The van der Waals surface area contributed by atoms with Crippen molar-refractivity contribution in [2.24, 2.45) is 16.7 Å². The minimum atomic E-state index is -5.08. The SMILES string of the molecule is CCN1CCC2(CN(Cc3cccnc3)CC23CCN(CC2CC2)CC3)C1=O.O=C(O)C(F)(F)F.O=C(O)C(F)(F)F. The van der Waals surface area contributed by atoms with Gasteiger partial charge in [-0.15, -0.1) is 0 Å². The van der Waals surface area contributed by atoms with Crippen molar-refractivity contribution in [2.75, 3.05) is 45.8 Å². The second kappa shape index (κ2) is 13.1. The maximum atomic E-state index is 13.6. The van der Waals surface area contributed by atoms with Crippen molar-refractivity contribution in [2.45, 2.75) is 57.9 Å². The van der Waals surface area contributed by atoms with Crippen LogP contribution in [-0.4, -0.2) is 106 Å². The predicted molar refractivity (Wildman–Crippen MR) is 137 cm³/mol. The zero-order chi connectivity index (χ0) is 31.3. The van der Waals surface area contributed by atoms with Gasteiger partial charge in [-0.2, -0.15) is 26.3 Å². The van der Waals surface area contributed by atoms with E-state index in [0.29, 0.717) is 5.91 Å². The fourth-order valence-corrected chi connectivity index (χ4v) is 6.29. The van der Waals surface area contributed by atoms with Gasteiger partial charge in [0.05, 0.1) is 5.41 Å². The van der Waals surface area contributed by atoms with Crippen LogP contribution in [0.4, 0.5) is 26.3 Å². The van der Waals surface area contributed by atoms with Crippen molar-refractivity contribution in [3.05, 3.63) is 30.1 Å². The largest absolute Gasteiger partial charge is 0.490 e. The summed E-state index contributed by atoms with van der Waals surface area (Å²) in [6.45, 7) is 10.5. The van der Waals surface area contributed by atoms with Gasteiger partial charge < -0.3 is 20.0 Å². The normalized spacial score (nSPS) is 24.3. The molecule has 1 aromatic rings. The van der Waals surface area contributed by atoms with Crippen LogP contribution < -0.4 is 0 Å². The van der Waals surface area contributed by atoms with Crippen molar-refractivity contribution in [1.82, 2.24) is 19.7 Å². The van der Waals surface area contributed by atoms with Crippen molar-refractivity contribution in [3.63, 3.8) is 0 Å². The Bertz CT molecular complexity index is 1070. The van der Waals surface area contributed by atoms with Crippen LogP contribution in [0.2, 0.25) is 0 Å². The van der Waals surface area contributed by atoms with Crippen LogP contribution in [0, 0.1) is 16.7 Å². The van der Waals surface area contributed by atoms with Gasteiger partial charge in [-0.05, 0) is 69.7 Å². The standard InChI is InChI=1S/C23H34N4O.2C2HF3O2/c1-2-27-13-9-23(21(27)28)18-26(16-20-4-3-10-24-14-20)17-22(23)7-11-25(12-8-22)15-19-5-6-19;2*3-2(4,5)1(6)7/h3-4,10,14,19H,2,5-9,11-13,15-18H2,1H3;2*(H,6,7). The first-order valence-electron chi connectivity index (χ1n) is 13.8. The van der Waals surface area contributed by atoms with E-state index >= 15 is 0 Å². The van der Waals surface area contributed by atoms with E-state index in [1.807, 2.05) is 18.5 Å². The van der Waals surface area contributed by atoms with E-state index in [2.05, 4.69) is 32.7 Å². The fraction of sp³-hybridized carbons (Fsp3) is 0.704. The molecule has 1 saturated carbocycles. The molecule has 2 spiro atoms. The highest BCUT2D eigenvalue weighted by Crippen LogP contribution is 2.58. The second-order valence-electron chi connectivity index (χ2n) is 11.4.